The summed E-state index contributed by atoms with van der Waals surface area (Å²) >= 11 is 1.27. The van der Waals surface area contributed by atoms with E-state index in [1.54, 1.807) is 31.2 Å². The van der Waals surface area contributed by atoms with Crippen molar-refractivity contribution in [2.45, 2.75) is 13.0 Å². The van der Waals surface area contributed by atoms with Crippen LogP contribution >= 0.6 is 11.3 Å². The van der Waals surface area contributed by atoms with E-state index in [1.165, 1.54) is 30.6 Å². The van der Waals surface area contributed by atoms with Crippen molar-refractivity contribution in [3.63, 3.8) is 0 Å². The zero-order valence-corrected chi connectivity index (χ0v) is 12.4. The molecule has 2 rings (SSSR count). The van der Waals surface area contributed by atoms with Gasteiger partial charge in [0.05, 0.1) is 12.0 Å². The molecule has 0 aliphatic carbocycles. The number of ether oxygens (including phenoxy) is 1. The Balaban J connectivity index is 2.10. The Morgan fingerprint density at radius 1 is 1.19 bits per heavy atom. The van der Waals surface area contributed by atoms with Crippen LogP contribution in [0.25, 0.3) is 10.4 Å². The molecule has 0 fully saturated rings. The molecule has 0 saturated heterocycles. The minimum absolute atomic E-state index is 0.305. The molecule has 1 heterocycles. The highest BCUT2D eigenvalue weighted by Gasteiger charge is 2.18. The van der Waals surface area contributed by atoms with Gasteiger partial charge in [0.1, 0.15) is 11.9 Å². The molecule has 1 atom stereocenters. The first-order chi connectivity index (χ1) is 10.0. The largest absolute Gasteiger partial charge is 0.467 e. The van der Waals surface area contributed by atoms with Crippen molar-refractivity contribution >= 4 is 23.2 Å². The molecule has 0 radical (unpaired) electrons. The predicted octanol–water partition coefficient (Wildman–Crippen LogP) is 2.85. The minimum atomic E-state index is -0.709. The van der Waals surface area contributed by atoms with Crippen molar-refractivity contribution in [3.8, 4) is 10.4 Å². The highest BCUT2D eigenvalue weighted by Crippen LogP contribution is 2.28. The molecule has 1 aromatic heterocycles. The van der Waals surface area contributed by atoms with Gasteiger partial charge in [-0.2, -0.15) is 0 Å². The predicted molar refractivity (Wildman–Crippen MR) is 78.7 cm³/mol. The summed E-state index contributed by atoms with van der Waals surface area (Å²) in [6.07, 6.45) is 0. The van der Waals surface area contributed by atoms with Crippen LogP contribution in [0.4, 0.5) is 4.39 Å². The Labute approximate surface area is 125 Å². The highest BCUT2D eigenvalue weighted by atomic mass is 32.1. The average molecular weight is 307 g/mol. The van der Waals surface area contributed by atoms with E-state index < -0.39 is 12.0 Å². The molecule has 1 amide bonds. The molecule has 0 bridgehead atoms. The highest BCUT2D eigenvalue weighted by molar-refractivity contribution is 7.17. The molecule has 0 spiro atoms. The smallest absolute Gasteiger partial charge is 0.328 e. The summed E-state index contributed by atoms with van der Waals surface area (Å²) in [4.78, 5) is 24.6. The third-order valence-electron chi connectivity index (χ3n) is 2.86. The molecule has 0 saturated carbocycles. The van der Waals surface area contributed by atoms with E-state index in [1.807, 2.05) is 0 Å². The number of halogens is 1. The molecule has 4 nitrogen and oxygen atoms in total. The number of thiophene rings is 1. The summed E-state index contributed by atoms with van der Waals surface area (Å²) in [5.41, 5.74) is 0.835. The van der Waals surface area contributed by atoms with Crippen LogP contribution in [-0.4, -0.2) is 25.0 Å². The van der Waals surface area contributed by atoms with Gasteiger partial charge in [0, 0.05) is 4.88 Å². The van der Waals surface area contributed by atoms with Gasteiger partial charge in [0.25, 0.3) is 5.91 Å². The van der Waals surface area contributed by atoms with Crippen molar-refractivity contribution in [1.29, 1.82) is 0 Å². The summed E-state index contributed by atoms with van der Waals surface area (Å²) in [5.74, 6) is -1.15. The van der Waals surface area contributed by atoms with Gasteiger partial charge in [-0.05, 0) is 36.8 Å². The summed E-state index contributed by atoms with van der Waals surface area (Å²) in [5, 5.41) is 2.56. The van der Waals surface area contributed by atoms with Crippen molar-refractivity contribution in [2.75, 3.05) is 7.11 Å². The molecule has 6 heteroatoms. The van der Waals surface area contributed by atoms with Crippen molar-refractivity contribution in [2.24, 2.45) is 0 Å². The molecule has 0 unspecified atom stereocenters. The van der Waals surface area contributed by atoms with Gasteiger partial charge in [-0.3, -0.25) is 4.79 Å². The lowest BCUT2D eigenvalue weighted by Crippen LogP contribution is -2.38. The van der Waals surface area contributed by atoms with Crippen LogP contribution in [0, 0.1) is 5.82 Å². The number of esters is 1. The third-order valence-corrected chi connectivity index (χ3v) is 3.99. The number of rotatable bonds is 4. The Bertz CT molecular complexity index is 651. The molecule has 1 N–H and O–H groups in total. The van der Waals surface area contributed by atoms with Gasteiger partial charge in [0.15, 0.2) is 0 Å². The first-order valence-corrected chi connectivity index (χ1v) is 7.07. The summed E-state index contributed by atoms with van der Waals surface area (Å²) in [6.45, 7) is 1.55. The Morgan fingerprint density at radius 2 is 1.86 bits per heavy atom. The monoisotopic (exact) mass is 307 g/mol. The Kier molecular flexibility index (Phi) is 4.70. The lowest BCUT2D eigenvalue weighted by molar-refractivity contribution is -0.142. The van der Waals surface area contributed by atoms with Crippen molar-refractivity contribution in [1.82, 2.24) is 5.32 Å². The van der Waals surface area contributed by atoms with Gasteiger partial charge >= 0.3 is 5.97 Å². The number of carbonyl (C=O) groups is 2. The van der Waals surface area contributed by atoms with Gasteiger partial charge < -0.3 is 10.1 Å². The Hall–Kier alpha value is -2.21. The SMILES string of the molecule is COC(=O)[C@H](C)NC(=O)c1ccc(-c2ccc(F)cc2)s1. The van der Waals surface area contributed by atoms with Gasteiger partial charge in [-0.15, -0.1) is 11.3 Å². The van der Waals surface area contributed by atoms with Crippen LogP contribution in [0.2, 0.25) is 0 Å². The van der Waals surface area contributed by atoms with E-state index in [2.05, 4.69) is 10.1 Å². The van der Waals surface area contributed by atoms with Crippen LogP contribution in [-0.2, 0) is 9.53 Å². The number of nitrogens with one attached hydrogen (secondary N) is 1. The second kappa shape index (κ2) is 6.49. The van der Waals surface area contributed by atoms with E-state index in [0.717, 1.165) is 10.4 Å². The minimum Gasteiger partial charge on any atom is -0.467 e. The summed E-state index contributed by atoms with van der Waals surface area (Å²) in [6, 6.07) is 8.79. The zero-order valence-electron chi connectivity index (χ0n) is 11.6. The quantitative estimate of drug-likeness (QED) is 0.884. The van der Waals surface area contributed by atoms with Crippen molar-refractivity contribution in [3.05, 3.63) is 47.1 Å². The maximum Gasteiger partial charge on any atom is 0.328 e. The molecule has 21 heavy (non-hydrogen) atoms. The first-order valence-electron chi connectivity index (χ1n) is 6.25. The molecule has 110 valence electrons. The fraction of sp³-hybridized carbons (Fsp3) is 0.200. The van der Waals surface area contributed by atoms with Gasteiger partial charge in [-0.25, -0.2) is 9.18 Å². The van der Waals surface area contributed by atoms with Crippen LogP contribution in [0.3, 0.4) is 0 Å². The molecular weight excluding hydrogens is 293 g/mol. The lowest BCUT2D eigenvalue weighted by atomic mass is 10.2. The van der Waals surface area contributed by atoms with E-state index in [4.69, 9.17) is 0 Å². The standard InChI is InChI=1S/C15H14FNO3S/c1-9(15(19)20-2)17-14(18)13-8-7-12(21-13)10-3-5-11(16)6-4-10/h3-9H,1-2H3,(H,17,18)/t9-/m0/s1. The maximum absolute atomic E-state index is 12.9. The number of carbonyl (C=O) groups excluding carboxylic acids is 2. The average Bonchev–Trinajstić information content (AvgIpc) is 2.97. The fourth-order valence-corrected chi connectivity index (χ4v) is 2.65. The van der Waals surface area contributed by atoms with E-state index >= 15 is 0 Å². The normalized spacial score (nSPS) is 11.8. The zero-order chi connectivity index (χ0) is 15.4. The first kappa shape index (κ1) is 15.2. The van der Waals surface area contributed by atoms with Crippen LogP contribution in [0.5, 0.6) is 0 Å². The van der Waals surface area contributed by atoms with E-state index in [9.17, 15) is 14.0 Å². The molecule has 0 aliphatic heterocycles. The van der Waals surface area contributed by atoms with Crippen molar-refractivity contribution < 1.29 is 18.7 Å². The molecule has 2 aromatic rings. The maximum atomic E-state index is 12.9. The molecular formula is C15H14FNO3S. The second-order valence-corrected chi connectivity index (χ2v) is 5.47. The fourth-order valence-electron chi connectivity index (χ4n) is 1.73. The Morgan fingerprint density at radius 3 is 2.48 bits per heavy atom. The number of hydrogen-bond donors (Lipinski definition) is 1. The van der Waals surface area contributed by atoms with E-state index in [-0.39, 0.29) is 11.7 Å². The number of methoxy groups -OCH3 is 1. The topological polar surface area (TPSA) is 55.4 Å². The van der Waals surface area contributed by atoms with Crippen LogP contribution in [0.15, 0.2) is 36.4 Å². The van der Waals surface area contributed by atoms with Gasteiger partial charge in [-0.1, -0.05) is 12.1 Å². The second-order valence-electron chi connectivity index (χ2n) is 4.39. The number of amides is 1. The van der Waals surface area contributed by atoms with Crippen LogP contribution in [0.1, 0.15) is 16.6 Å². The molecule has 1 aromatic carbocycles. The third kappa shape index (κ3) is 3.66. The lowest BCUT2D eigenvalue weighted by Gasteiger charge is -2.10. The number of hydrogen-bond acceptors (Lipinski definition) is 4. The van der Waals surface area contributed by atoms with Crippen LogP contribution < -0.4 is 5.32 Å². The molecule has 0 aliphatic rings. The summed E-state index contributed by atoms with van der Waals surface area (Å²) < 4.78 is 17.4. The van der Waals surface area contributed by atoms with Gasteiger partial charge in [0.2, 0.25) is 0 Å². The number of benzene rings is 1. The summed E-state index contributed by atoms with van der Waals surface area (Å²) in [7, 11) is 1.27. The van der Waals surface area contributed by atoms with E-state index in [0.29, 0.717) is 4.88 Å².